The van der Waals surface area contributed by atoms with Crippen molar-refractivity contribution >= 4 is 43.2 Å². The van der Waals surface area contributed by atoms with Gasteiger partial charge in [-0.05, 0) is 17.5 Å². The Labute approximate surface area is 87.0 Å². The zero-order valence-electron chi connectivity index (χ0n) is 5.80. The van der Waals surface area contributed by atoms with Crippen molar-refractivity contribution in [1.29, 1.82) is 0 Å². The second-order valence-electron chi connectivity index (χ2n) is 1.96. The molecule has 1 rings (SSSR count). The molecule has 0 amide bonds. The molecule has 0 aliphatic carbocycles. The van der Waals surface area contributed by atoms with E-state index in [0.29, 0.717) is 3.74 Å². The number of hydrogen-bond donors (Lipinski definition) is 0. The van der Waals surface area contributed by atoms with E-state index in [4.69, 9.17) is 4.74 Å². The Bertz CT molecular complexity index is 186. The van der Waals surface area contributed by atoms with Gasteiger partial charge in [0.05, 0.1) is 10.3 Å². The Morgan fingerprint density at radius 3 is 2.91 bits per heavy atom. The van der Waals surface area contributed by atoms with Crippen LogP contribution in [0.1, 0.15) is 6.42 Å². The monoisotopic (exact) mass is 298 g/mol. The molecule has 1 aromatic heterocycles. The first-order valence-electron chi connectivity index (χ1n) is 3.23. The van der Waals surface area contributed by atoms with E-state index < -0.39 is 0 Å². The Hall–Kier alpha value is 0.460. The smallest absolute Gasteiger partial charge is 0.173 e. The van der Waals surface area contributed by atoms with E-state index in [1.807, 2.05) is 17.5 Å². The predicted molar refractivity (Wildman–Crippen MR) is 56.1 cm³/mol. The Balaban J connectivity index is 2.14. The SMILES string of the molecule is BrC(Br)CCOc1cccs1. The molecule has 1 heterocycles. The van der Waals surface area contributed by atoms with E-state index in [1.165, 1.54) is 0 Å². The number of alkyl halides is 2. The van der Waals surface area contributed by atoms with Crippen molar-refractivity contribution in [2.45, 2.75) is 10.2 Å². The lowest BCUT2D eigenvalue weighted by molar-refractivity contribution is 0.326. The standard InChI is InChI=1S/C7H8Br2OS/c8-6(9)3-4-10-7-2-1-5-11-7/h1-2,5-6H,3-4H2. The zero-order chi connectivity index (χ0) is 8.10. The van der Waals surface area contributed by atoms with Crippen molar-refractivity contribution in [2.24, 2.45) is 0 Å². The zero-order valence-corrected chi connectivity index (χ0v) is 9.78. The third-order valence-electron chi connectivity index (χ3n) is 1.08. The van der Waals surface area contributed by atoms with E-state index in [-0.39, 0.29) is 0 Å². The molecule has 0 unspecified atom stereocenters. The lowest BCUT2D eigenvalue weighted by atomic mass is 10.5. The maximum absolute atomic E-state index is 5.42. The largest absolute Gasteiger partial charge is 0.484 e. The summed E-state index contributed by atoms with van der Waals surface area (Å²) >= 11 is 8.38. The van der Waals surface area contributed by atoms with Crippen molar-refractivity contribution in [3.8, 4) is 5.06 Å². The molecule has 11 heavy (non-hydrogen) atoms. The Morgan fingerprint density at radius 2 is 2.36 bits per heavy atom. The van der Waals surface area contributed by atoms with Gasteiger partial charge in [0.1, 0.15) is 0 Å². The average Bonchev–Trinajstić information content (AvgIpc) is 2.39. The van der Waals surface area contributed by atoms with Crippen LogP contribution in [0.4, 0.5) is 0 Å². The van der Waals surface area contributed by atoms with Crippen LogP contribution in [0, 0.1) is 0 Å². The Morgan fingerprint density at radius 1 is 1.55 bits per heavy atom. The molecule has 1 nitrogen and oxygen atoms in total. The molecule has 0 N–H and O–H groups in total. The molecule has 0 aromatic carbocycles. The van der Waals surface area contributed by atoms with Crippen molar-refractivity contribution in [1.82, 2.24) is 0 Å². The van der Waals surface area contributed by atoms with Crippen LogP contribution in [-0.2, 0) is 0 Å². The third-order valence-corrected chi connectivity index (χ3v) is 2.77. The first kappa shape index (κ1) is 9.55. The van der Waals surface area contributed by atoms with Gasteiger partial charge in [-0.1, -0.05) is 31.9 Å². The second kappa shape index (κ2) is 5.17. The van der Waals surface area contributed by atoms with Crippen LogP contribution in [0.25, 0.3) is 0 Å². The lowest BCUT2D eigenvalue weighted by Gasteiger charge is -2.02. The second-order valence-corrected chi connectivity index (χ2v) is 6.31. The molecule has 0 aliphatic heterocycles. The van der Waals surface area contributed by atoms with Crippen molar-refractivity contribution in [3.05, 3.63) is 17.5 Å². The number of ether oxygens (including phenoxy) is 1. The molecular weight excluding hydrogens is 292 g/mol. The van der Waals surface area contributed by atoms with Gasteiger partial charge in [-0.25, -0.2) is 0 Å². The van der Waals surface area contributed by atoms with Gasteiger partial charge in [0.2, 0.25) is 0 Å². The molecule has 1 aromatic rings. The highest BCUT2D eigenvalue weighted by molar-refractivity contribution is 9.24. The third kappa shape index (κ3) is 4.13. The summed E-state index contributed by atoms with van der Waals surface area (Å²) < 4.78 is 5.77. The van der Waals surface area contributed by atoms with Crippen LogP contribution in [-0.4, -0.2) is 10.3 Å². The highest BCUT2D eigenvalue weighted by Crippen LogP contribution is 2.19. The van der Waals surface area contributed by atoms with Crippen molar-refractivity contribution in [3.63, 3.8) is 0 Å². The molecule has 0 spiro atoms. The normalized spacial score (nSPS) is 10.5. The van der Waals surface area contributed by atoms with Gasteiger partial charge < -0.3 is 4.74 Å². The van der Waals surface area contributed by atoms with Gasteiger partial charge in [-0.3, -0.25) is 0 Å². The summed E-state index contributed by atoms with van der Waals surface area (Å²) in [5.74, 6) is 0. The first-order valence-corrected chi connectivity index (χ1v) is 5.94. The van der Waals surface area contributed by atoms with Gasteiger partial charge in [-0.15, -0.1) is 11.3 Å². The predicted octanol–water partition coefficient (Wildman–Crippen LogP) is 3.63. The minimum atomic E-state index is 0.356. The molecule has 62 valence electrons. The molecule has 0 aliphatic rings. The fourth-order valence-electron chi connectivity index (χ4n) is 0.594. The van der Waals surface area contributed by atoms with Crippen LogP contribution in [0.3, 0.4) is 0 Å². The summed E-state index contributed by atoms with van der Waals surface area (Å²) in [5, 5.41) is 3.00. The maximum Gasteiger partial charge on any atom is 0.173 e. The van der Waals surface area contributed by atoms with Gasteiger partial charge in [0.15, 0.2) is 5.06 Å². The van der Waals surface area contributed by atoms with Crippen LogP contribution >= 0.6 is 43.2 Å². The van der Waals surface area contributed by atoms with Crippen molar-refractivity contribution < 1.29 is 4.74 Å². The Kier molecular flexibility index (Phi) is 4.48. The summed E-state index contributed by atoms with van der Waals surface area (Å²) in [5.41, 5.74) is 0. The van der Waals surface area contributed by atoms with Crippen LogP contribution in [0.5, 0.6) is 5.06 Å². The number of halogens is 2. The topological polar surface area (TPSA) is 9.23 Å². The van der Waals surface area contributed by atoms with E-state index in [0.717, 1.165) is 18.1 Å². The quantitative estimate of drug-likeness (QED) is 0.772. The van der Waals surface area contributed by atoms with Gasteiger partial charge in [-0.2, -0.15) is 0 Å². The minimum absolute atomic E-state index is 0.356. The summed E-state index contributed by atoms with van der Waals surface area (Å²) in [7, 11) is 0. The van der Waals surface area contributed by atoms with Gasteiger partial charge in [0.25, 0.3) is 0 Å². The molecule has 0 bridgehead atoms. The van der Waals surface area contributed by atoms with Crippen LogP contribution in [0.15, 0.2) is 17.5 Å². The molecule has 0 radical (unpaired) electrons. The summed E-state index contributed by atoms with van der Waals surface area (Å²) in [6.07, 6.45) is 0.970. The number of thiophene rings is 1. The fourth-order valence-corrected chi connectivity index (χ4v) is 1.57. The van der Waals surface area contributed by atoms with E-state index in [2.05, 4.69) is 31.9 Å². The molecular formula is C7H8Br2OS. The van der Waals surface area contributed by atoms with Gasteiger partial charge in [0, 0.05) is 6.42 Å². The highest BCUT2D eigenvalue weighted by Gasteiger charge is 1.98. The number of rotatable bonds is 4. The van der Waals surface area contributed by atoms with E-state index >= 15 is 0 Å². The van der Waals surface area contributed by atoms with E-state index in [9.17, 15) is 0 Å². The number of hydrogen-bond acceptors (Lipinski definition) is 2. The van der Waals surface area contributed by atoms with E-state index in [1.54, 1.807) is 11.3 Å². The summed E-state index contributed by atoms with van der Waals surface area (Å²) in [6, 6.07) is 3.96. The molecule has 4 heteroatoms. The fraction of sp³-hybridized carbons (Fsp3) is 0.429. The molecule has 0 atom stereocenters. The highest BCUT2D eigenvalue weighted by atomic mass is 79.9. The van der Waals surface area contributed by atoms with Crippen LogP contribution in [0.2, 0.25) is 0 Å². The molecule has 0 fully saturated rings. The van der Waals surface area contributed by atoms with Crippen molar-refractivity contribution in [2.75, 3.05) is 6.61 Å². The maximum atomic E-state index is 5.42. The van der Waals surface area contributed by atoms with Crippen LogP contribution < -0.4 is 4.74 Å². The summed E-state index contributed by atoms with van der Waals surface area (Å²) in [6.45, 7) is 0.752. The van der Waals surface area contributed by atoms with Gasteiger partial charge >= 0.3 is 0 Å². The molecule has 0 saturated heterocycles. The average molecular weight is 300 g/mol. The molecule has 0 saturated carbocycles. The first-order chi connectivity index (χ1) is 5.29. The minimum Gasteiger partial charge on any atom is -0.484 e. The lowest BCUT2D eigenvalue weighted by Crippen LogP contribution is -1.99. The summed E-state index contributed by atoms with van der Waals surface area (Å²) in [4.78, 5) is 0.